The van der Waals surface area contributed by atoms with Crippen LogP contribution in [-0.4, -0.2) is 29.1 Å². The second-order valence-electron chi connectivity index (χ2n) is 7.15. The number of carbonyl (C=O) groups is 2. The van der Waals surface area contributed by atoms with Gasteiger partial charge < -0.3 is 15.2 Å². The molecule has 0 radical (unpaired) electrons. The summed E-state index contributed by atoms with van der Waals surface area (Å²) in [6, 6.07) is 20.4. The van der Waals surface area contributed by atoms with Crippen LogP contribution in [0.3, 0.4) is 0 Å². The number of nitrogens with one attached hydrogen (secondary N) is 1. The highest BCUT2D eigenvalue weighted by molar-refractivity contribution is 6.04. The molecule has 29 heavy (non-hydrogen) atoms. The van der Waals surface area contributed by atoms with E-state index in [0.29, 0.717) is 11.3 Å². The molecular weight excluding hydrogens is 366 g/mol. The highest BCUT2D eigenvalue weighted by Crippen LogP contribution is 2.31. The van der Waals surface area contributed by atoms with E-state index in [0.717, 1.165) is 23.6 Å². The van der Waals surface area contributed by atoms with Gasteiger partial charge in [-0.05, 0) is 43.7 Å². The number of carboxylic acids is 1. The Balaban J connectivity index is 1.85. The molecule has 0 saturated heterocycles. The molecule has 0 bridgehead atoms. The van der Waals surface area contributed by atoms with Crippen molar-refractivity contribution >= 4 is 22.6 Å². The summed E-state index contributed by atoms with van der Waals surface area (Å²) < 4.78 is 6.24. The smallest absolute Gasteiger partial charge is 0.325 e. The lowest BCUT2D eigenvalue weighted by Crippen LogP contribution is -2.38. The van der Waals surface area contributed by atoms with Crippen LogP contribution in [0.4, 0.5) is 0 Å². The fraction of sp³-hybridized carbons (Fsp3) is 0.250. The summed E-state index contributed by atoms with van der Waals surface area (Å²) in [6.45, 7) is 3.41. The van der Waals surface area contributed by atoms with Crippen LogP contribution in [-0.2, 0) is 11.2 Å². The Morgan fingerprint density at radius 3 is 2.38 bits per heavy atom. The Hall–Kier alpha value is -3.34. The molecular formula is C24H25NO4. The van der Waals surface area contributed by atoms with Crippen LogP contribution in [0.25, 0.3) is 10.8 Å². The number of carbonyl (C=O) groups excluding carboxylic acids is 1. The van der Waals surface area contributed by atoms with Gasteiger partial charge in [-0.25, -0.2) is 0 Å². The average Bonchev–Trinajstić information content (AvgIpc) is 2.73. The molecule has 0 saturated carbocycles. The van der Waals surface area contributed by atoms with Crippen LogP contribution in [0.15, 0.2) is 66.7 Å². The van der Waals surface area contributed by atoms with Gasteiger partial charge in [0.2, 0.25) is 0 Å². The molecule has 2 unspecified atom stereocenters. The molecule has 0 aliphatic heterocycles. The Kier molecular flexibility index (Phi) is 6.50. The normalized spacial score (nSPS) is 12.9. The lowest BCUT2D eigenvalue weighted by atomic mass is 10.0. The molecule has 0 spiro atoms. The van der Waals surface area contributed by atoms with Gasteiger partial charge in [0.1, 0.15) is 11.8 Å². The number of aliphatic carboxylic acids is 1. The molecule has 5 nitrogen and oxygen atoms in total. The maximum atomic E-state index is 12.7. The van der Waals surface area contributed by atoms with Crippen LogP contribution < -0.4 is 10.1 Å². The van der Waals surface area contributed by atoms with Crippen molar-refractivity contribution in [2.24, 2.45) is 0 Å². The highest BCUT2D eigenvalue weighted by Gasteiger charge is 2.21. The molecule has 3 rings (SSSR count). The second kappa shape index (κ2) is 9.24. The zero-order valence-electron chi connectivity index (χ0n) is 16.6. The van der Waals surface area contributed by atoms with E-state index >= 15 is 0 Å². The fourth-order valence-corrected chi connectivity index (χ4v) is 3.16. The van der Waals surface area contributed by atoms with Crippen molar-refractivity contribution in [3.63, 3.8) is 0 Å². The van der Waals surface area contributed by atoms with Crippen molar-refractivity contribution in [2.75, 3.05) is 0 Å². The number of carboxylic acid groups (broad SMARTS) is 1. The van der Waals surface area contributed by atoms with Gasteiger partial charge in [-0.1, -0.05) is 60.7 Å². The zero-order valence-corrected chi connectivity index (χ0v) is 16.6. The van der Waals surface area contributed by atoms with Gasteiger partial charge in [0, 0.05) is 5.39 Å². The molecule has 0 heterocycles. The first-order valence-electron chi connectivity index (χ1n) is 9.71. The molecule has 0 aromatic heterocycles. The van der Waals surface area contributed by atoms with Gasteiger partial charge in [0.25, 0.3) is 5.91 Å². The predicted molar refractivity (Wildman–Crippen MR) is 113 cm³/mol. The summed E-state index contributed by atoms with van der Waals surface area (Å²) >= 11 is 0. The van der Waals surface area contributed by atoms with Crippen molar-refractivity contribution in [2.45, 2.75) is 38.8 Å². The van der Waals surface area contributed by atoms with Gasteiger partial charge >= 0.3 is 5.97 Å². The number of hydrogen-bond acceptors (Lipinski definition) is 3. The first kappa shape index (κ1) is 20.4. The van der Waals surface area contributed by atoms with Crippen LogP contribution >= 0.6 is 0 Å². The first-order valence-corrected chi connectivity index (χ1v) is 9.71. The standard InChI is InChI=1S/C24H25NO4/c1-16(12-13-18-8-4-3-5-9-18)29-22-20-11-7-6-10-19(20)14-15-21(22)23(26)25-17(2)24(27)28/h3-11,14-17H,12-13H2,1-2H3,(H,25,26)(H,27,28). The van der Waals surface area contributed by atoms with Crippen molar-refractivity contribution in [1.29, 1.82) is 0 Å². The van der Waals surface area contributed by atoms with Crippen LogP contribution in [0, 0.1) is 0 Å². The maximum Gasteiger partial charge on any atom is 0.325 e. The molecule has 3 aromatic rings. The minimum atomic E-state index is -1.09. The number of benzene rings is 3. The van der Waals surface area contributed by atoms with Gasteiger partial charge in [-0.15, -0.1) is 0 Å². The Morgan fingerprint density at radius 1 is 0.966 bits per heavy atom. The minimum absolute atomic E-state index is 0.121. The quantitative estimate of drug-likeness (QED) is 0.595. The van der Waals surface area contributed by atoms with Gasteiger partial charge in [0.05, 0.1) is 11.7 Å². The van der Waals surface area contributed by atoms with E-state index in [1.54, 1.807) is 6.07 Å². The number of amides is 1. The summed E-state index contributed by atoms with van der Waals surface area (Å²) in [5, 5.41) is 13.4. The molecule has 1 amide bonds. The van der Waals surface area contributed by atoms with E-state index in [1.807, 2.05) is 55.5 Å². The zero-order chi connectivity index (χ0) is 20.8. The van der Waals surface area contributed by atoms with E-state index in [2.05, 4.69) is 17.4 Å². The van der Waals surface area contributed by atoms with Crippen LogP contribution in [0.2, 0.25) is 0 Å². The summed E-state index contributed by atoms with van der Waals surface area (Å²) in [5.41, 5.74) is 1.57. The third kappa shape index (κ3) is 5.13. The van der Waals surface area contributed by atoms with Gasteiger partial charge in [-0.3, -0.25) is 9.59 Å². The third-order valence-electron chi connectivity index (χ3n) is 4.84. The van der Waals surface area contributed by atoms with Crippen molar-refractivity contribution in [1.82, 2.24) is 5.32 Å². The largest absolute Gasteiger partial charge is 0.489 e. The van der Waals surface area contributed by atoms with Crippen LogP contribution in [0.1, 0.15) is 36.2 Å². The molecule has 0 aliphatic rings. The number of rotatable bonds is 8. The number of hydrogen-bond donors (Lipinski definition) is 2. The summed E-state index contributed by atoms with van der Waals surface area (Å²) in [4.78, 5) is 23.8. The number of aryl methyl sites for hydroxylation is 1. The molecule has 2 atom stereocenters. The number of fused-ring (bicyclic) bond motifs is 1. The second-order valence-corrected chi connectivity index (χ2v) is 7.15. The summed E-state index contributed by atoms with van der Waals surface area (Å²) in [6.07, 6.45) is 1.54. The monoisotopic (exact) mass is 391 g/mol. The molecule has 2 N–H and O–H groups in total. The summed E-state index contributed by atoms with van der Waals surface area (Å²) in [7, 11) is 0. The Labute approximate surface area is 170 Å². The van der Waals surface area contributed by atoms with Gasteiger partial charge in [-0.2, -0.15) is 0 Å². The lowest BCUT2D eigenvalue weighted by molar-refractivity contribution is -0.138. The minimum Gasteiger partial charge on any atom is -0.489 e. The van der Waals surface area contributed by atoms with Crippen molar-refractivity contribution < 1.29 is 19.4 Å². The number of ether oxygens (including phenoxy) is 1. The Bertz CT molecular complexity index is 1000. The molecule has 0 fully saturated rings. The summed E-state index contributed by atoms with van der Waals surface area (Å²) in [5.74, 6) is -1.06. The van der Waals surface area contributed by atoms with E-state index in [1.165, 1.54) is 12.5 Å². The van der Waals surface area contributed by atoms with Crippen molar-refractivity contribution in [3.05, 3.63) is 77.9 Å². The predicted octanol–water partition coefficient (Wildman–Crippen LogP) is 4.44. The third-order valence-corrected chi connectivity index (χ3v) is 4.84. The van der Waals surface area contributed by atoms with Gasteiger partial charge in [0.15, 0.2) is 0 Å². The topological polar surface area (TPSA) is 75.6 Å². The highest BCUT2D eigenvalue weighted by atomic mass is 16.5. The first-order chi connectivity index (χ1) is 14.0. The van der Waals surface area contributed by atoms with E-state index in [4.69, 9.17) is 9.84 Å². The molecule has 5 heteroatoms. The lowest BCUT2D eigenvalue weighted by Gasteiger charge is -2.20. The molecule has 150 valence electrons. The van der Waals surface area contributed by atoms with Crippen LogP contribution in [0.5, 0.6) is 5.75 Å². The average molecular weight is 391 g/mol. The fourth-order valence-electron chi connectivity index (χ4n) is 3.16. The Morgan fingerprint density at radius 2 is 1.66 bits per heavy atom. The van der Waals surface area contributed by atoms with E-state index < -0.39 is 17.9 Å². The SMILES string of the molecule is CC(CCc1ccccc1)Oc1c(C(=O)NC(C)C(=O)O)ccc2ccccc12. The van der Waals surface area contributed by atoms with E-state index in [9.17, 15) is 9.59 Å². The maximum absolute atomic E-state index is 12.7. The van der Waals surface area contributed by atoms with Crippen molar-refractivity contribution in [3.8, 4) is 5.75 Å². The molecule has 3 aromatic carbocycles. The molecule has 0 aliphatic carbocycles. The van der Waals surface area contributed by atoms with E-state index in [-0.39, 0.29) is 6.10 Å².